The molecule has 5 nitrogen and oxygen atoms in total. The highest BCUT2D eigenvalue weighted by Crippen LogP contribution is 2.20. The summed E-state index contributed by atoms with van der Waals surface area (Å²) in [6.45, 7) is -0.0553. The largest absolute Gasteiger partial charge is 0.389 e. The summed E-state index contributed by atoms with van der Waals surface area (Å²) in [7, 11) is 0. The minimum Gasteiger partial charge on any atom is -0.351 e. The van der Waals surface area contributed by atoms with Gasteiger partial charge in [0.1, 0.15) is 11.5 Å². The maximum Gasteiger partial charge on any atom is 0.389 e. The average Bonchev–Trinajstić information content (AvgIpc) is 2.33. The molecule has 0 aliphatic rings. The Hall–Kier alpha value is -1.83. The third-order valence-electron chi connectivity index (χ3n) is 2.05. The van der Waals surface area contributed by atoms with Crippen LogP contribution in [0.2, 0.25) is 0 Å². The number of anilines is 1. The second-order valence-electron chi connectivity index (χ2n) is 3.53. The van der Waals surface area contributed by atoms with E-state index in [4.69, 9.17) is 5.84 Å². The smallest absolute Gasteiger partial charge is 0.351 e. The summed E-state index contributed by atoms with van der Waals surface area (Å²) in [5, 5.41) is 2.35. The van der Waals surface area contributed by atoms with Crippen LogP contribution in [-0.2, 0) is 0 Å². The Balaban J connectivity index is 2.41. The van der Waals surface area contributed by atoms with Crippen LogP contribution in [0.1, 0.15) is 23.3 Å². The Labute approximate surface area is 102 Å². The van der Waals surface area contributed by atoms with Crippen molar-refractivity contribution in [2.24, 2.45) is 5.84 Å². The first-order chi connectivity index (χ1) is 8.42. The number of carbonyl (C=O) groups excluding carboxylic acids is 1. The van der Waals surface area contributed by atoms with E-state index in [2.05, 4.69) is 15.7 Å². The van der Waals surface area contributed by atoms with E-state index in [1.807, 2.05) is 0 Å². The van der Waals surface area contributed by atoms with Crippen LogP contribution in [0.15, 0.2) is 18.2 Å². The average molecular weight is 262 g/mol. The molecule has 0 spiro atoms. The molecule has 1 aromatic heterocycles. The molecule has 0 unspecified atom stereocenters. The molecule has 0 bridgehead atoms. The molecule has 0 saturated heterocycles. The van der Waals surface area contributed by atoms with Gasteiger partial charge in [-0.1, -0.05) is 6.07 Å². The highest BCUT2D eigenvalue weighted by Gasteiger charge is 2.26. The molecule has 0 aromatic carbocycles. The maximum absolute atomic E-state index is 11.9. The Morgan fingerprint density at radius 1 is 1.39 bits per heavy atom. The number of carbonyl (C=O) groups is 1. The van der Waals surface area contributed by atoms with Crippen molar-refractivity contribution in [2.75, 3.05) is 12.0 Å². The molecule has 0 aliphatic heterocycles. The first-order valence-corrected chi connectivity index (χ1v) is 5.21. The van der Waals surface area contributed by atoms with Crippen LogP contribution >= 0.6 is 0 Å². The molecule has 1 heterocycles. The van der Waals surface area contributed by atoms with Crippen LogP contribution in [0.3, 0.4) is 0 Å². The van der Waals surface area contributed by atoms with Gasteiger partial charge in [-0.15, -0.1) is 0 Å². The van der Waals surface area contributed by atoms with Crippen molar-refractivity contribution in [1.82, 2.24) is 10.3 Å². The van der Waals surface area contributed by atoms with Gasteiger partial charge in [-0.05, 0) is 18.6 Å². The zero-order valence-electron chi connectivity index (χ0n) is 9.42. The van der Waals surface area contributed by atoms with E-state index in [1.165, 1.54) is 6.07 Å². The summed E-state index contributed by atoms with van der Waals surface area (Å²) in [5.74, 6) is 4.89. The van der Waals surface area contributed by atoms with Gasteiger partial charge in [-0.2, -0.15) is 13.2 Å². The van der Waals surface area contributed by atoms with Crippen molar-refractivity contribution in [2.45, 2.75) is 19.0 Å². The van der Waals surface area contributed by atoms with Gasteiger partial charge >= 0.3 is 6.18 Å². The maximum atomic E-state index is 11.9. The van der Waals surface area contributed by atoms with E-state index in [-0.39, 0.29) is 18.7 Å². The molecule has 1 amide bonds. The highest BCUT2D eigenvalue weighted by atomic mass is 19.4. The molecule has 0 saturated carbocycles. The summed E-state index contributed by atoms with van der Waals surface area (Å²) in [6.07, 6.45) is -5.29. The molecule has 100 valence electrons. The first kappa shape index (κ1) is 14.2. The van der Waals surface area contributed by atoms with Crippen LogP contribution in [0.25, 0.3) is 0 Å². The van der Waals surface area contributed by atoms with Crippen LogP contribution in [-0.4, -0.2) is 23.6 Å². The molecule has 0 radical (unpaired) electrons. The highest BCUT2D eigenvalue weighted by molar-refractivity contribution is 5.92. The zero-order valence-corrected chi connectivity index (χ0v) is 9.42. The van der Waals surface area contributed by atoms with Crippen molar-refractivity contribution < 1.29 is 18.0 Å². The van der Waals surface area contributed by atoms with Crippen LogP contribution in [0, 0.1) is 0 Å². The summed E-state index contributed by atoms with van der Waals surface area (Å²) in [6, 6.07) is 4.56. The monoisotopic (exact) mass is 262 g/mol. The summed E-state index contributed by atoms with van der Waals surface area (Å²) in [4.78, 5) is 15.4. The van der Waals surface area contributed by atoms with Gasteiger partial charge in [-0.3, -0.25) is 4.79 Å². The SMILES string of the molecule is NNc1cccc(C(=O)NCCCC(F)(F)F)n1. The zero-order chi connectivity index (χ0) is 13.6. The van der Waals surface area contributed by atoms with Crippen molar-refractivity contribution in [3.05, 3.63) is 23.9 Å². The summed E-state index contributed by atoms with van der Waals surface area (Å²) >= 11 is 0. The van der Waals surface area contributed by atoms with E-state index in [0.717, 1.165) is 0 Å². The van der Waals surface area contributed by atoms with E-state index < -0.39 is 18.5 Å². The fourth-order valence-corrected chi connectivity index (χ4v) is 1.22. The molecule has 0 atom stereocenters. The lowest BCUT2D eigenvalue weighted by Crippen LogP contribution is -2.26. The molecule has 18 heavy (non-hydrogen) atoms. The van der Waals surface area contributed by atoms with Gasteiger partial charge in [0.25, 0.3) is 5.91 Å². The van der Waals surface area contributed by atoms with Crippen molar-refractivity contribution >= 4 is 11.7 Å². The van der Waals surface area contributed by atoms with Crippen molar-refractivity contribution in [1.29, 1.82) is 0 Å². The summed E-state index contributed by atoms with van der Waals surface area (Å²) in [5.41, 5.74) is 2.36. The number of nitrogens with zero attached hydrogens (tertiary/aromatic N) is 1. The number of nitrogen functional groups attached to an aromatic ring is 1. The molecule has 4 N–H and O–H groups in total. The van der Waals surface area contributed by atoms with E-state index in [0.29, 0.717) is 5.82 Å². The Bertz CT molecular complexity index is 408. The number of alkyl halides is 3. The third kappa shape index (κ3) is 5.00. The molecule has 1 aromatic rings. The fraction of sp³-hybridized carbons (Fsp3) is 0.400. The Morgan fingerprint density at radius 2 is 2.11 bits per heavy atom. The van der Waals surface area contributed by atoms with Gasteiger partial charge in [0.2, 0.25) is 0 Å². The number of nitrogens with one attached hydrogen (secondary N) is 2. The van der Waals surface area contributed by atoms with E-state index >= 15 is 0 Å². The normalized spacial score (nSPS) is 11.1. The minimum absolute atomic E-state index is 0.0553. The predicted octanol–water partition coefficient (Wildman–Crippen LogP) is 1.44. The van der Waals surface area contributed by atoms with Crippen LogP contribution in [0.4, 0.5) is 19.0 Å². The first-order valence-electron chi connectivity index (χ1n) is 5.21. The second kappa shape index (κ2) is 6.20. The number of halogens is 3. The minimum atomic E-state index is -4.20. The number of hydrogen-bond acceptors (Lipinski definition) is 4. The van der Waals surface area contributed by atoms with Crippen LogP contribution < -0.4 is 16.6 Å². The van der Waals surface area contributed by atoms with E-state index in [1.54, 1.807) is 12.1 Å². The Morgan fingerprint density at radius 3 is 2.72 bits per heavy atom. The predicted molar refractivity (Wildman–Crippen MR) is 59.7 cm³/mol. The topological polar surface area (TPSA) is 80.0 Å². The third-order valence-corrected chi connectivity index (χ3v) is 2.05. The number of rotatable bonds is 5. The second-order valence-corrected chi connectivity index (χ2v) is 3.53. The lowest BCUT2D eigenvalue weighted by atomic mass is 10.3. The number of hydrogen-bond donors (Lipinski definition) is 3. The quantitative estimate of drug-likeness (QED) is 0.426. The van der Waals surface area contributed by atoms with Gasteiger partial charge < -0.3 is 10.7 Å². The molecular formula is C10H13F3N4O. The van der Waals surface area contributed by atoms with Crippen molar-refractivity contribution in [3.8, 4) is 0 Å². The van der Waals surface area contributed by atoms with Crippen LogP contribution in [0.5, 0.6) is 0 Å². The number of hydrazine groups is 1. The number of amides is 1. The number of pyridine rings is 1. The van der Waals surface area contributed by atoms with Crippen molar-refractivity contribution in [3.63, 3.8) is 0 Å². The lowest BCUT2D eigenvalue weighted by Gasteiger charge is -2.07. The molecule has 0 fully saturated rings. The molecular weight excluding hydrogens is 249 g/mol. The summed E-state index contributed by atoms with van der Waals surface area (Å²) < 4.78 is 35.6. The van der Waals surface area contributed by atoms with Gasteiger partial charge in [0, 0.05) is 13.0 Å². The van der Waals surface area contributed by atoms with Gasteiger partial charge in [0.15, 0.2) is 0 Å². The Kier molecular flexibility index (Phi) is 4.90. The molecule has 1 rings (SSSR count). The fourth-order valence-electron chi connectivity index (χ4n) is 1.22. The number of aromatic nitrogens is 1. The van der Waals surface area contributed by atoms with Gasteiger partial charge in [0.05, 0.1) is 0 Å². The molecule has 8 heteroatoms. The lowest BCUT2D eigenvalue weighted by molar-refractivity contribution is -0.135. The number of nitrogens with two attached hydrogens (primary N) is 1. The molecule has 0 aliphatic carbocycles. The standard InChI is InChI=1S/C10H13F3N4O/c11-10(12,13)5-2-6-15-9(18)7-3-1-4-8(16-7)17-14/h1,3-4H,2,5-6,14H2,(H,15,18)(H,16,17). The van der Waals surface area contributed by atoms with E-state index in [9.17, 15) is 18.0 Å². The van der Waals surface area contributed by atoms with Gasteiger partial charge in [-0.25, -0.2) is 10.8 Å².